The average molecular weight is 362 g/mol. The molecule has 0 aliphatic carbocycles. The van der Waals surface area contributed by atoms with Gasteiger partial charge in [0.05, 0.1) is 13.2 Å². The fourth-order valence-corrected chi connectivity index (χ4v) is 2.63. The molecule has 3 aromatic heterocycles. The smallest absolute Gasteiger partial charge is 0.299 e. The number of hydrogen-bond donors (Lipinski definition) is 1. The lowest BCUT2D eigenvalue weighted by Gasteiger charge is -2.12. The average Bonchev–Trinajstić information content (AvgIpc) is 3.29. The van der Waals surface area contributed by atoms with Gasteiger partial charge in [0.1, 0.15) is 11.9 Å². The minimum absolute atomic E-state index is 0.0243. The number of aromatic nitrogens is 5. The third kappa shape index (κ3) is 3.54. The molecule has 1 N–H and O–H groups in total. The van der Waals surface area contributed by atoms with E-state index in [1.807, 2.05) is 12.1 Å². The molecule has 0 aromatic carbocycles. The maximum Gasteiger partial charge on any atom is 0.299 e. The van der Waals surface area contributed by atoms with Crippen LogP contribution in [0.1, 0.15) is 24.2 Å². The first-order chi connectivity index (χ1) is 12.7. The predicted molar refractivity (Wildman–Crippen MR) is 87.2 cm³/mol. The lowest BCUT2D eigenvalue weighted by Crippen LogP contribution is -2.16. The van der Waals surface area contributed by atoms with E-state index in [0.717, 1.165) is 16.5 Å². The van der Waals surface area contributed by atoms with Crippen LogP contribution in [-0.4, -0.2) is 44.1 Å². The highest BCUT2D eigenvalue weighted by Gasteiger charge is 2.18. The van der Waals surface area contributed by atoms with Gasteiger partial charge in [-0.25, -0.2) is 13.8 Å². The third-order valence-corrected chi connectivity index (χ3v) is 3.93. The Morgan fingerprint density at radius 1 is 1.31 bits per heavy atom. The summed E-state index contributed by atoms with van der Waals surface area (Å²) in [6.45, 7) is 1.70. The van der Waals surface area contributed by atoms with Crippen molar-refractivity contribution >= 4 is 11.5 Å². The number of anilines is 1. The van der Waals surface area contributed by atoms with E-state index in [0.29, 0.717) is 31.5 Å². The second-order valence-corrected chi connectivity index (χ2v) is 5.81. The first-order valence-corrected chi connectivity index (χ1v) is 8.13. The van der Waals surface area contributed by atoms with Crippen LogP contribution in [-0.2, 0) is 11.3 Å². The summed E-state index contributed by atoms with van der Waals surface area (Å²) in [5.74, 6) is 0.478. The van der Waals surface area contributed by atoms with Crippen molar-refractivity contribution in [2.24, 2.45) is 0 Å². The zero-order valence-corrected chi connectivity index (χ0v) is 13.7. The molecule has 0 bridgehead atoms. The van der Waals surface area contributed by atoms with Crippen LogP contribution in [0.3, 0.4) is 0 Å². The van der Waals surface area contributed by atoms with Crippen molar-refractivity contribution in [3.63, 3.8) is 0 Å². The van der Waals surface area contributed by atoms with E-state index in [-0.39, 0.29) is 11.8 Å². The molecule has 0 spiro atoms. The standard InChI is InChI=1S/C16H16F2N6O2/c17-15(18)16-22-21-13-2-1-12(23-24(13)16)20-8-10-3-5-19-14(7-10)26-11-4-6-25-9-11/h1-3,5,7,11,15H,4,6,8-9H2,(H,20,23). The van der Waals surface area contributed by atoms with E-state index in [2.05, 4.69) is 25.6 Å². The molecule has 8 nitrogen and oxygen atoms in total. The van der Waals surface area contributed by atoms with Crippen molar-refractivity contribution in [3.05, 3.63) is 41.9 Å². The second-order valence-electron chi connectivity index (χ2n) is 5.81. The molecule has 0 radical (unpaired) electrons. The van der Waals surface area contributed by atoms with E-state index in [1.165, 1.54) is 0 Å². The summed E-state index contributed by atoms with van der Waals surface area (Å²) in [7, 11) is 0. The van der Waals surface area contributed by atoms with Crippen molar-refractivity contribution in [1.82, 2.24) is 24.8 Å². The number of nitrogens with zero attached hydrogens (tertiary/aromatic N) is 5. The maximum atomic E-state index is 12.9. The zero-order chi connectivity index (χ0) is 17.9. The van der Waals surface area contributed by atoms with Crippen molar-refractivity contribution in [3.8, 4) is 5.88 Å². The summed E-state index contributed by atoms with van der Waals surface area (Å²) >= 11 is 0. The Balaban J connectivity index is 1.45. The highest BCUT2D eigenvalue weighted by atomic mass is 19.3. The Bertz CT molecular complexity index is 897. The van der Waals surface area contributed by atoms with Crippen LogP contribution < -0.4 is 10.1 Å². The second kappa shape index (κ2) is 7.16. The van der Waals surface area contributed by atoms with Gasteiger partial charge in [0.2, 0.25) is 11.7 Å². The number of halogens is 2. The van der Waals surface area contributed by atoms with Crippen molar-refractivity contribution in [2.45, 2.75) is 25.5 Å². The maximum absolute atomic E-state index is 12.9. The van der Waals surface area contributed by atoms with Crippen molar-refractivity contribution in [2.75, 3.05) is 18.5 Å². The SMILES string of the molecule is FC(F)c1nnc2ccc(NCc3ccnc(OC4CCOC4)c3)nn12. The van der Waals surface area contributed by atoms with Crippen LogP contribution in [0.25, 0.3) is 5.65 Å². The first-order valence-electron chi connectivity index (χ1n) is 8.13. The molecule has 1 saturated heterocycles. The van der Waals surface area contributed by atoms with Crippen LogP contribution >= 0.6 is 0 Å². The van der Waals surface area contributed by atoms with Crippen LogP contribution in [0, 0.1) is 0 Å². The molecule has 4 rings (SSSR count). The minimum Gasteiger partial charge on any atom is -0.472 e. The number of rotatable bonds is 6. The summed E-state index contributed by atoms with van der Waals surface area (Å²) in [6.07, 6.45) is -0.212. The third-order valence-electron chi connectivity index (χ3n) is 3.93. The highest BCUT2D eigenvalue weighted by molar-refractivity contribution is 5.44. The predicted octanol–water partition coefficient (Wildman–Crippen LogP) is 2.24. The van der Waals surface area contributed by atoms with Gasteiger partial charge in [0.15, 0.2) is 5.65 Å². The largest absolute Gasteiger partial charge is 0.472 e. The Hall–Kier alpha value is -2.88. The van der Waals surface area contributed by atoms with E-state index in [1.54, 1.807) is 18.3 Å². The van der Waals surface area contributed by atoms with E-state index < -0.39 is 12.2 Å². The minimum atomic E-state index is -2.74. The van der Waals surface area contributed by atoms with Crippen LogP contribution in [0.5, 0.6) is 5.88 Å². The molecule has 1 aliphatic heterocycles. The van der Waals surface area contributed by atoms with E-state index >= 15 is 0 Å². The molecule has 10 heteroatoms. The van der Waals surface area contributed by atoms with Gasteiger partial charge in [-0.3, -0.25) is 0 Å². The molecule has 3 aromatic rings. The van der Waals surface area contributed by atoms with Crippen LogP contribution in [0.15, 0.2) is 30.5 Å². The number of alkyl halides is 2. The van der Waals surface area contributed by atoms with Gasteiger partial charge in [0, 0.05) is 25.2 Å². The molecule has 0 saturated carbocycles. The quantitative estimate of drug-likeness (QED) is 0.720. The fraction of sp³-hybridized carbons (Fsp3) is 0.375. The number of pyridine rings is 1. The molecule has 1 fully saturated rings. The summed E-state index contributed by atoms with van der Waals surface area (Å²) in [5.41, 5.74) is 1.19. The van der Waals surface area contributed by atoms with Gasteiger partial charge < -0.3 is 14.8 Å². The Morgan fingerprint density at radius 2 is 2.23 bits per heavy atom. The van der Waals surface area contributed by atoms with Crippen molar-refractivity contribution < 1.29 is 18.3 Å². The van der Waals surface area contributed by atoms with Gasteiger partial charge in [-0.15, -0.1) is 15.3 Å². The summed E-state index contributed by atoms with van der Waals surface area (Å²) in [5, 5.41) is 14.3. The monoisotopic (exact) mass is 362 g/mol. The zero-order valence-electron chi connectivity index (χ0n) is 13.7. The molecule has 0 amide bonds. The summed E-state index contributed by atoms with van der Waals surface area (Å²) in [4.78, 5) is 4.20. The van der Waals surface area contributed by atoms with Gasteiger partial charge in [-0.1, -0.05) is 0 Å². The molecule has 1 unspecified atom stereocenters. The van der Waals surface area contributed by atoms with Crippen molar-refractivity contribution in [1.29, 1.82) is 0 Å². The molecule has 26 heavy (non-hydrogen) atoms. The fourth-order valence-electron chi connectivity index (χ4n) is 2.63. The highest BCUT2D eigenvalue weighted by Crippen LogP contribution is 2.19. The Kier molecular flexibility index (Phi) is 4.57. The molecule has 1 atom stereocenters. The van der Waals surface area contributed by atoms with Crippen LogP contribution in [0.4, 0.5) is 14.6 Å². The number of ether oxygens (including phenoxy) is 2. The Labute approximate surface area is 147 Å². The molecular formula is C16H16F2N6O2. The first kappa shape index (κ1) is 16.6. The molecule has 4 heterocycles. The summed E-state index contributed by atoms with van der Waals surface area (Å²) < 4.78 is 37.9. The molecule has 136 valence electrons. The number of hydrogen-bond acceptors (Lipinski definition) is 7. The van der Waals surface area contributed by atoms with Gasteiger partial charge in [0.25, 0.3) is 6.43 Å². The van der Waals surface area contributed by atoms with Gasteiger partial charge in [-0.2, -0.15) is 4.52 Å². The molecular weight excluding hydrogens is 346 g/mol. The normalized spacial score (nSPS) is 17.1. The topological polar surface area (TPSA) is 86.5 Å². The van der Waals surface area contributed by atoms with E-state index in [9.17, 15) is 8.78 Å². The molecule has 1 aliphatic rings. The number of fused-ring (bicyclic) bond motifs is 1. The van der Waals surface area contributed by atoms with Gasteiger partial charge >= 0.3 is 0 Å². The lowest BCUT2D eigenvalue weighted by atomic mass is 10.2. The lowest BCUT2D eigenvalue weighted by molar-refractivity contribution is 0.137. The number of nitrogens with one attached hydrogen (secondary N) is 1. The Morgan fingerprint density at radius 3 is 3.04 bits per heavy atom. The van der Waals surface area contributed by atoms with E-state index in [4.69, 9.17) is 9.47 Å². The summed E-state index contributed by atoms with van der Waals surface area (Å²) in [6, 6.07) is 6.91. The van der Waals surface area contributed by atoms with Gasteiger partial charge in [-0.05, 0) is 23.8 Å². The van der Waals surface area contributed by atoms with Crippen LogP contribution in [0.2, 0.25) is 0 Å².